The van der Waals surface area contributed by atoms with Crippen molar-refractivity contribution in [2.45, 2.75) is 400 Å². The van der Waals surface area contributed by atoms with E-state index in [2.05, 4.69) is 41.5 Å². The Morgan fingerprint density at radius 2 is 0.548 bits per heavy atom. The van der Waals surface area contributed by atoms with E-state index >= 15 is 0 Å². The maximum absolute atomic E-state index is 13.1. The fourth-order valence-electron chi connectivity index (χ4n) is 11.3. The molecular formula is C74H144O17P2. The molecule has 6 atom stereocenters. The minimum absolute atomic E-state index is 0.105. The molecule has 17 nitrogen and oxygen atoms in total. The number of unbranched alkanes of at least 4 members (excludes halogenated alkanes) is 42. The summed E-state index contributed by atoms with van der Waals surface area (Å²) in [5.74, 6) is -0.609. The fourth-order valence-corrected chi connectivity index (χ4v) is 12.8. The molecule has 552 valence electrons. The van der Waals surface area contributed by atoms with Crippen LogP contribution < -0.4 is 0 Å². The molecule has 0 bridgehead atoms. The Morgan fingerprint density at radius 1 is 0.312 bits per heavy atom. The lowest BCUT2D eigenvalue weighted by Crippen LogP contribution is -2.30. The van der Waals surface area contributed by atoms with E-state index in [1.54, 1.807) is 0 Å². The number of aliphatic hydroxyl groups excluding tert-OH is 1. The zero-order valence-electron chi connectivity index (χ0n) is 60.6. The van der Waals surface area contributed by atoms with Crippen LogP contribution in [0.25, 0.3) is 0 Å². The average Bonchev–Trinajstić information content (AvgIpc) is 3.63. The summed E-state index contributed by atoms with van der Waals surface area (Å²) in [6, 6.07) is 0. The third-order valence-corrected chi connectivity index (χ3v) is 19.5. The molecule has 0 aliphatic rings. The molecule has 0 aromatic rings. The summed E-state index contributed by atoms with van der Waals surface area (Å²) in [4.78, 5) is 72.6. The Bertz CT molecular complexity index is 1810. The van der Waals surface area contributed by atoms with Gasteiger partial charge in [-0.15, -0.1) is 0 Å². The number of rotatable bonds is 73. The summed E-state index contributed by atoms with van der Waals surface area (Å²) in [5, 5.41) is 10.6. The SMILES string of the molecule is CCCCCCCCCCCCCCCCCCCCCCC(=O)O[C@H](COC(=O)CCCCCCCCCCCC(C)C)COP(=O)(O)OC[C@@H](O)COP(=O)(O)OC[C@@H](COC(=O)CCCCCCCCCCC)OC(=O)CCCCCCCCCCC(C)CC. The summed E-state index contributed by atoms with van der Waals surface area (Å²) in [6.45, 7) is 9.54. The first kappa shape index (κ1) is 91.1. The lowest BCUT2D eigenvalue weighted by atomic mass is 9.99. The number of ether oxygens (including phenoxy) is 4. The van der Waals surface area contributed by atoms with Crippen molar-refractivity contribution in [3.8, 4) is 0 Å². The quantitative estimate of drug-likeness (QED) is 0.0222. The molecule has 0 saturated carbocycles. The number of carbonyl (C=O) groups is 4. The Morgan fingerprint density at radius 3 is 0.817 bits per heavy atom. The van der Waals surface area contributed by atoms with Gasteiger partial charge < -0.3 is 33.8 Å². The van der Waals surface area contributed by atoms with Gasteiger partial charge in [-0.1, -0.05) is 330 Å². The number of phosphoric acid groups is 2. The molecule has 93 heavy (non-hydrogen) atoms. The van der Waals surface area contributed by atoms with Crippen LogP contribution in [0.2, 0.25) is 0 Å². The van der Waals surface area contributed by atoms with Gasteiger partial charge >= 0.3 is 39.5 Å². The highest BCUT2D eigenvalue weighted by Crippen LogP contribution is 2.45. The molecule has 0 saturated heterocycles. The normalized spacial score (nSPS) is 14.3. The Labute approximate surface area is 568 Å². The van der Waals surface area contributed by atoms with Crippen molar-refractivity contribution < 1.29 is 80.2 Å². The number of phosphoric ester groups is 2. The van der Waals surface area contributed by atoms with Crippen molar-refractivity contribution in [1.82, 2.24) is 0 Å². The van der Waals surface area contributed by atoms with Crippen LogP contribution >= 0.6 is 15.6 Å². The molecule has 19 heteroatoms. The van der Waals surface area contributed by atoms with Crippen molar-refractivity contribution in [3.63, 3.8) is 0 Å². The average molecular weight is 1370 g/mol. The van der Waals surface area contributed by atoms with Crippen LogP contribution in [-0.2, 0) is 65.4 Å². The summed E-state index contributed by atoms with van der Waals surface area (Å²) in [6.07, 6.45) is 52.8. The zero-order chi connectivity index (χ0) is 68.6. The highest BCUT2D eigenvalue weighted by molar-refractivity contribution is 7.47. The van der Waals surface area contributed by atoms with Crippen LogP contribution in [0.1, 0.15) is 382 Å². The second kappa shape index (κ2) is 66.0. The molecule has 0 amide bonds. The topological polar surface area (TPSA) is 237 Å². The molecule has 0 aliphatic heterocycles. The minimum atomic E-state index is -4.95. The van der Waals surface area contributed by atoms with E-state index in [9.17, 15) is 43.2 Å². The van der Waals surface area contributed by atoms with Gasteiger partial charge in [0.1, 0.15) is 19.3 Å². The molecular weight excluding hydrogens is 1220 g/mol. The summed E-state index contributed by atoms with van der Waals surface area (Å²) in [5.41, 5.74) is 0. The predicted molar refractivity (Wildman–Crippen MR) is 377 cm³/mol. The van der Waals surface area contributed by atoms with Gasteiger partial charge in [0.15, 0.2) is 12.2 Å². The second-order valence-electron chi connectivity index (χ2n) is 27.4. The smallest absolute Gasteiger partial charge is 0.462 e. The van der Waals surface area contributed by atoms with Crippen LogP contribution in [0.5, 0.6) is 0 Å². The Kier molecular flexibility index (Phi) is 64.6. The molecule has 0 spiro atoms. The molecule has 0 aliphatic carbocycles. The number of carbonyl (C=O) groups excluding carboxylic acids is 4. The zero-order valence-corrected chi connectivity index (χ0v) is 62.3. The van der Waals surface area contributed by atoms with Crippen molar-refractivity contribution in [2.24, 2.45) is 11.8 Å². The van der Waals surface area contributed by atoms with E-state index in [1.807, 2.05) is 0 Å². The molecule has 0 fully saturated rings. The molecule has 0 aromatic carbocycles. The Hall–Kier alpha value is -1.94. The van der Waals surface area contributed by atoms with Crippen molar-refractivity contribution >= 4 is 39.5 Å². The standard InChI is InChI=1S/C74H144O17P2/c1-7-10-12-14-16-18-19-20-21-22-23-24-25-26-27-28-32-40-46-52-58-73(78)90-69(63-85-72(77)57-51-45-39-33-29-31-36-42-48-54-66(4)5)64-88-92(80,81)86-60-68(75)61-87-93(82,83)89-65-70(62-84-71(76)56-50-44-38-30-17-15-13-11-8-2)91-74(79)59-53-47-41-35-34-37-43-49-55-67(6)9-3/h66-70,75H,7-65H2,1-6H3,(H,80,81)(H,82,83)/t67?,68-,69-,70-/m1/s1. The van der Waals surface area contributed by atoms with Crippen molar-refractivity contribution in [3.05, 3.63) is 0 Å². The summed E-state index contributed by atoms with van der Waals surface area (Å²) >= 11 is 0. The lowest BCUT2D eigenvalue weighted by Gasteiger charge is -2.21. The molecule has 3 unspecified atom stereocenters. The number of hydrogen-bond donors (Lipinski definition) is 3. The third-order valence-electron chi connectivity index (χ3n) is 17.6. The molecule has 0 rings (SSSR count). The number of aliphatic hydroxyl groups is 1. The van der Waals surface area contributed by atoms with Crippen LogP contribution in [0.3, 0.4) is 0 Å². The Balaban J connectivity index is 5.20. The first-order chi connectivity index (χ1) is 44.9. The van der Waals surface area contributed by atoms with Gasteiger partial charge in [-0.3, -0.25) is 37.3 Å². The minimum Gasteiger partial charge on any atom is -0.462 e. The number of esters is 4. The second-order valence-corrected chi connectivity index (χ2v) is 30.3. The van der Waals surface area contributed by atoms with Gasteiger partial charge in [-0.25, -0.2) is 9.13 Å². The highest BCUT2D eigenvalue weighted by atomic mass is 31.2. The predicted octanol–water partition coefficient (Wildman–Crippen LogP) is 21.6. The van der Waals surface area contributed by atoms with Gasteiger partial charge in [-0.05, 0) is 37.5 Å². The van der Waals surface area contributed by atoms with Gasteiger partial charge in [0, 0.05) is 25.7 Å². The van der Waals surface area contributed by atoms with Crippen LogP contribution in [0.15, 0.2) is 0 Å². The van der Waals surface area contributed by atoms with Gasteiger partial charge in [-0.2, -0.15) is 0 Å². The lowest BCUT2D eigenvalue weighted by molar-refractivity contribution is -0.161. The third kappa shape index (κ3) is 67.0. The first-order valence-electron chi connectivity index (χ1n) is 38.5. The van der Waals surface area contributed by atoms with Crippen molar-refractivity contribution in [2.75, 3.05) is 39.6 Å². The summed E-state index contributed by atoms with van der Waals surface area (Å²) in [7, 11) is -9.90. The van der Waals surface area contributed by atoms with Crippen LogP contribution in [-0.4, -0.2) is 96.7 Å². The van der Waals surface area contributed by atoms with E-state index in [-0.39, 0.29) is 25.7 Å². The van der Waals surface area contributed by atoms with E-state index in [0.717, 1.165) is 102 Å². The molecule has 0 heterocycles. The first-order valence-corrected chi connectivity index (χ1v) is 41.5. The monoisotopic (exact) mass is 1370 g/mol. The van der Waals surface area contributed by atoms with E-state index in [1.165, 1.54) is 199 Å². The van der Waals surface area contributed by atoms with E-state index < -0.39 is 97.5 Å². The van der Waals surface area contributed by atoms with Gasteiger partial charge in [0.05, 0.1) is 26.4 Å². The van der Waals surface area contributed by atoms with Crippen LogP contribution in [0, 0.1) is 11.8 Å². The maximum atomic E-state index is 13.1. The van der Waals surface area contributed by atoms with E-state index in [4.69, 9.17) is 37.0 Å². The largest absolute Gasteiger partial charge is 0.472 e. The summed E-state index contributed by atoms with van der Waals surface area (Å²) < 4.78 is 68.4. The molecule has 0 radical (unpaired) electrons. The molecule has 3 N–H and O–H groups in total. The fraction of sp³-hybridized carbons (Fsp3) is 0.946. The van der Waals surface area contributed by atoms with Gasteiger partial charge in [0.25, 0.3) is 0 Å². The molecule has 0 aromatic heterocycles. The van der Waals surface area contributed by atoms with E-state index in [0.29, 0.717) is 25.7 Å². The highest BCUT2D eigenvalue weighted by Gasteiger charge is 2.30. The number of hydrogen-bond acceptors (Lipinski definition) is 15. The van der Waals surface area contributed by atoms with Crippen molar-refractivity contribution in [1.29, 1.82) is 0 Å². The van der Waals surface area contributed by atoms with Crippen LogP contribution in [0.4, 0.5) is 0 Å². The maximum Gasteiger partial charge on any atom is 0.472 e. The van der Waals surface area contributed by atoms with Gasteiger partial charge in [0.2, 0.25) is 0 Å².